The summed E-state index contributed by atoms with van der Waals surface area (Å²) < 4.78 is 16.7. The number of esters is 1. The van der Waals surface area contributed by atoms with Gasteiger partial charge in [-0.05, 0) is 48.7 Å². The molecule has 1 atom stereocenters. The number of aromatic nitrogens is 1. The molecule has 3 aromatic rings. The van der Waals surface area contributed by atoms with Crippen molar-refractivity contribution in [1.29, 1.82) is 0 Å². The number of carbonyl (C=O) groups is 2. The third-order valence-corrected chi connectivity index (χ3v) is 7.27. The minimum atomic E-state index is -0.357. The van der Waals surface area contributed by atoms with Crippen molar-refractivity contribution in [1.82, 2.24) is 9.88 Å². The van der Waals surface area contributed by atoms with Crippen molar-refractivity contribution in [3.63, 3.8) is 0 Å². The first-order chi connectivity index (χ1) is 18.0. The fourth-order valence-electron chi connectivity index (χ4n) is 5.30. The molecule has 0 saturated heterocycles. The lowest BCUT2D eigenvalue weighted by atomic mass is 9.95. The highest BCUT2D eigenvalue weighted by atomic mass is 16.5. The monoisotopic (exact) mass is 508 g/mol. The van der Waals surface area contributed by atoms with Crippen LogP contribution in [0.25, 0.3) is 10.9 Å². The van der Waals surface area contributed by atoms with Crippen LogP contribution in [0.5, 0.6) is 5.75 Å². The molecule has 2 aromatic heterocycles. The van der Waals surface area contributed by atoms with Gasteiger partial charge in [0, 0.05) is 30.8 Å². The highest BCUT2D eigenvalue weighted by Crippen LogP contribution is 2.40. The maximum atomic E-state index is 13.5. The first kappa shape index (κ1) is 26.8. The number of fused-ring (bicyclic) bond motifs is 3. The summed E-state index contributed by atoms with van der Waals surface area (Å²) >= 11 is 0. The maximum Gasteiger partial charge on any atom is 0.303 e. The molecule has 0 spiro atoms. The third kappa shape index (κ3) is 6.56. The molecular weight excluding hydrogens is 468 g/mol. The quantitative estimate of drug-likeness (QED) is 0.202. The Labute approximate surface area is 219 Å². The summed E-state index contributed by atoms with van der Waals surface area (Å²) in [6.45, 7) is 4.31. The summed E-state index contributed by atoms with van der Waals surface area (Å²) in [5.74, 6) is 1.83. The van der Waals surface area contributed by atoms with E-state index in [1.54, 1.807) is 7.11 Å². The summed E-state index contributed by atoms with van der Waals surface area (Å²) in [4.78, 5) is 30.3. The second kappa shape index (κ2) is 12.8. The van der Waals surface area contributed by atoms with Crippen LogP contribution in [0.3, 0.4) is 0 Å². The number of methoxy groups -OCH3 is 1. The average molecular weight is 509 g/mol. The number of amides is 1. The minimum absolute atomic E-state index is 0.0744. The van der Waals surface area contributed by atoms with Crippen LogP contribution in [0, 0.1) is 0 Å². The van der Waals surface area contributed by atoms with Crippen LogP contribution in [0.4, 0.5) is 0 Å². The molecule has 37 heavy (non-hydrogen) atoms. The molecule has 0 aliphatic carbocycles. The SMILES string of the molecule is CCCCCCCCCCC(=O)N1CCc2c([nH]c3ccc(OC)cc23)C1c1ccc(COC(C)=O)o1. The number of aromatic amines is 1. The summed E-state index contributed by atoms with van der Waals surface area (Å²) in [5, 5.41) is 1.11. The number of hydrogen-bond donors (Lipinski definition) is 1. The molecule has 200 valence electrons. The van der Waals surface area contributed by atoms with E-state index in [2.05, 4.69) is 11.9 Å². The second-order valence-electron chi connectivity index (χ2n) is 9.98. The number of nitrogens with one attached hydrogen (secondary N) is 1. The van der Waals surface area contributed by atoms with Crippen molar-refractivity contribution < 1.29 is 23.5 Å². The van der Waals surface area contributed by atoms with Gasteiger partial charge in [0.25, 0.3) is 0 Å². The Hall–Kier alpha value is -3.22. The van der Waals surface area contributed by atoms with Gasteiger partial charge in [0.2, 0.25) is 5.91 Å². The zero-order chi connectivity index (χ0) is 26.2. The van der Waals surface area contributed by atoms with E-state index in [1.807, 2.05) is 35.2 Å². The van der Waals surface area contributed by atoms with Crippen molar-refractivity contribution >= 4 is 22.8 Å². The van der Waals surface area contributed by atoms with Crippen LogP contribution < -0.4 is 4.74 Å². The Morgan fingerprint density at radius 1 is 1.05 bits per heavy atom. The lowest BCUT2D eigenvalue weighted by Gasteiger charge is -2.35. The molecule has 0 fully saturated rings. The fraction of sp³-hybridized carbons (Fsp3) is 0.533. The number of benzene rings is 1. The second-order valence-corrected chi connectivity index (χ2v) is 9.98. The highest BCUT2D eigenvalue weighted by molar-refractivity contribution is 5.87. The van der Waals surface area contributed by atoms with Gasteiger partial charge in [0.15, 0.2) is 0 Å². The lowest BCUT2D eigenvalue weighted by Crippen LogP contribution is -2.40. The average Bonchev–Trinajstić information content (AvgIpc) is 3.52. The van der Waals surface area contributed by atoms with Gasteiger partial charge < -0.3 is 23.8 Å². The first-order valence-electron chi connectivity index (χ1n) is 13.7. The van der Waals surface area contributed by atoms with Crippen molar-refractivity contribution in [2.75, 3.05) is 13.7 Å². The van der Waals surface area contributed by atoms with Crippen LogP contribution in [0.2, 0.25) is 0 Å². The highest BCUT2D eigenvalue weighted by Gasteiger charge is 2.36. The van der Waals surface area contributed by atoms with Gasteiger partial charge in [-0.1, -0.05) is 51.9 Å². The molecule has 4 rings (SSSR count). The number of furan rings is 1. The maximum absolute atomic E-state index is 13.5. The Morgan fingerprint density at radius 3 is 2.54 bits per heavy atom. The van der Waals surface area contributed by atoms with Crippen LogP contribution in [0.15, 0.2) is 34.7 Å². The molecule has 7 nitrogen and oxygen atoms in total. The molecule has 1 aromatic carbocycles. The molecule has 1 aliphatic heterocycles. The van der Waals surface area contributed by atoms with Crippen LogP contribution in [-0.2, 0) is 27.4 Å². The predicted octanol–water partition coefficient (Wildman–Crippen LogP) is 6.84. The molecule has 3 heterocycles. The molecule has 1 amide bonds. The first-order valence-corrected chi connectivity index (χ1v) is 13.7. The van der Waals surface area contributed by atoms with E-state index in [1.165, 1.54) is 51.0 Å². The molecule has 7 heteroatoms. The van der Waals surface area contributed by atoms with E-state index < -0.39 is 0 Å². The smallest absolute Gasteiger partial charge is 0.303 e. The number of nitrogens with zero attached hydrogens (tertiary/aromatic N) is 1. The van der Waals surface area contributed by atoms with E-state index in [4.69, 9.17) is 13.9 Å². The van der Waals surface area contributed by atoms with Crippen LogP contribution in [-0.4, -0.2) is 35.4 Å². The fourth-order valence-corrected chi connectivity index (χ4v) is 5.30. The van der Waals surface area contributed by atoms with Gasteiger partial charge in [0.1, 0.15) is 29.9 Å². The number of H-pyrrole nitrogens is 1. The topological polar surface area (TPSA) is 84.8 Å². The molecule has 0 saturated carbocycles. The van der Waals surface area contributed by atoms with Gasteiger partial charge in [-0.15, -0.1) is 0 Å². The summed E-state index contributed by atoms with van der Waals surface area (Å²) in [6, 6.07) is 9.36. The van der Waals surface area contributed by atoms with E-state index in [-0.39, 0.29) is 24.5 Å². The Kier molecular flexibility index (Phi) is 9.31. The van der Waals surface area contributed by atoms with E-state index in [0.29, 0.717) is 24.5 Å². The van der Waals surface area contributed by atoms with E-state index >= 15 is 0 Å². The number of hydrogen-bond acceptors (Lipinski definition) is 5. The molecule has 0 radical (unpaired) electrons. The van der Waals surface area contributed by atoms with Gasteiger partial charge >= 0.3 is 5.97 Å². The van der Waals surface area contributed by atoms with Crippen molar-refractivity contribution in [3.8, 4) is 5.75 Å². The van der Waals surface area contributed by atoms with Gasteiger partial charge in [-0.25, -0.2) is 0 Å². The normalized spacial score (nSPS) is 15.1. The van der Waals surface area contributed by atoms with Crippen molar-refractivity contribution in [3.05, 3.63) is 53.1 Å². The Morgan fingerprint density at radius 2 is 1.81 bits per heavy atom. The van der Waals surface area contributed by atoms with Crippen LogP contribution >= 0.6 is 0 Å². The third-order valence-electron chi connectivity index (χ3n) is 7.27. The molecule has 1 aliphatic rings. The number of ether oxygens (including phenoxy) is 2. The van der Waals surface area contributed by atoms with Crippen molar-refractivity contribution in [2.45, 2.75) is 90.7 Å². The number of unbranched alkanes of at least 4 members (excludes halogenated alkanes) is 7. The molecular formula is C30H40N2O5. The summed E-state index contributed by atoms with van der Waals surface area (Å²) in [7, 11) is 1.67. The summed E-state index contributed by atoms with van der Waals surface area (Å²) in [6.07, 6.45) is 10.9. The molecule has 0 bridgehead atoms. The predicted molar refractivity (Wildman–Crippen MR) is 144 cm³/mol. The van der Waals surface area contributed by atoms with Crippen LogP contribution in [0.1, 0.15) is 100 Å². The molecule has 1 unspecified atom stereocenters. The largest absolute Gasteiger partial charge is 0.497 e. The van der Waals surface area contributed by atoms with Gasteiger partial charge in [0.05, 0.1) is 12.8 Å². The number of rotatable bonds is 13. The summed E-state index contributed by atoms with van der Waals surface area (Å²) in [5.41, 5.74) is 3.18. The Bertz CT molecular complexity index is 1190. The molecule has 1 N–H and O–H groups in total. The lowest BCUT2D eigenvalue weighted by molar-refractivity contribution is -0.142. The van der Waals surface area contributed by atoms with Crippen molar-refractivity contribution in [2.24, 2.45) is 0 Å². The van der Waals surface area contributed by atoms with Gasteiger partial charge in [-0.3, -0.25) is 9.59 Å². The van der Waals surface area contributed by atoms with E-state index in [0.717, 1.165) is 41.6 Å². The number of carbonyl (C=O) groups excluding carboxylic acids is 2. The standard InChI is InChI=1S/C30H40N2O5/c1-4-5-6-7-8-9-10-11-12-28(34)32-18-17-24-25-19-22(35-3)13-15-26(25)31-29(24)30(32)27-16-14-23(37-27)20-36-21(2)33/h13-16,19,30-31H,4-12,17-18,20H2,1-3H3. The Balaban J connectivity index is 1.52. The van der Waals surface area contributed by atoms with Gasteiger partial charge in [-0.2, -0.15) is 0 Å². The minimum Gasteiger partial charge on any atom is -0.497 e. The zero-order valence-corrected chi connectivity index (χ0v) is 22.4. The zero-order valence-electron chi connectivity index (χ0n) is 22.4. The van der Waals surface area contributed by atoms with E-state index in [9.17, 15) is 9.59 Å².